The summed E-state index contributed by atoms with van der Waals surface area (Å²) < 4.78 is 3.18. The normalized spacial score (nSPS) is 11.1. The van der Waals surface area contributed by atoms with Gasteiger partial charge in [-0.05, 0) is 23.6 Å². The SMILES string of the molecule is CC(C)Cn1c(CCC(N)=O)nnc1SCc1ccc(Br)cc1. The smallest absolute Gasteiger partial charge is 0.217 e. The Hall–Kier alpha value is -1.34. The number of primary amides is 1. The molecule has 0 saturated heterocycles. The highest BCUT2D eigenvalue weighted by atomic mass is 79.9. The highest BCUT2D eigenvalue weighted by Gasteiger charge is 2.14. The van der Waals surface area contributed by atoms with Gasteiger partial charge >= 0.3 is 0 Å². The van der Waals surface area contributed by atoms with E-state index >= 15 is 0 Å². The van der Waals surface area contributed by atoms with Gasteiger partial charge in [-0.3, -0.25) is 4.79 Å². The summed E-state index contributed by atoms with van der Waals surface area (Å²) in [4.78, 5) is 11.0. The Morgan fingerprint density at radius 2 is 2.00 bits per heavy atom. The Kier molecular flexibility index (Phi) is 6.65. The van der Waals surface area contributed by atoms with Gasteiger partial charge < -0.3 is 10.3 Å². The predicted octanol–water partition coefficient (Wildman–Crippen LogP) is 3.41. The molecule has 5 nitrogen and oxygen atoms in total. The monoisotopic (exact) mass is 396 g/mol. The molecule has 2 aromatic rings. The molecule has 0 radical (unpaired) electrons. The van der Waals surface area contributed by atoms with Gasteiger partial charge in [-0.1, -0.05) is 53.7 Å². The lowest BCUT2D eigenvalue weighted by molar-refractivity contribution is -0.118. The van der Waals surface area contributed by atoms with Crippen molar-refractivity contribution < 1.29 is 4.79 Å². The second-order valence-electron chi connectivity index (χ2n) is 5.78. The van der Waals surface area contributed by atoms with Crippen LogP contribution in [0.25, 0.3) is 0 Å². The standard InChI is InChI=1S/C16H21BrN4OS/c1-11(2)9-21-15(8-7-14(18)22)19-20-16(21)23-10-12-3-5-13(17)6-4-12/h3-6,11H,7-10H2,1-2H3,(H2,18,22). The minimum Gasteiger partial charge on any atom is -0.370 e. The number of rotatable bonds is 8. The second-order valence-corrected chi connectivity index (χ2v) is 7.64. The van der Waals surface area contributed by atoms with E-state index in [2.05, 4.69) is 56.7 Å². The van der Waals surface area contributed by atoms with E-state index in [0.717, 1.165) is 27.8 Å². The Balaban J connectivity index is 2.10. The van der Waals surface area contributed by atoms with E-state index in [9.17, 15) is 4.79 Å². The van der Waals surface area contributed by atoms with Crippen LogP contribution < -0.4 is 5.73 Å². The molecule has 0 aliphatic rings. The molecule has 2 rings (SSSR count). The zero-order valence-electron chi connectivity index (χ0n) is 13.3. The van der Waals surface area contributed by atoms with Crippen LogP contribution in [0.15, 0.2) is 33.9 Å². The third-order valence-electron chi connectivity index (χ3n) is 3.22. The number of amides is 1. The van der Waals surface area contributed by atoms with Gasteiger partial charge in [0.1, 0.15) is 5.82 Å². The Labute approximate surface area is 149 Å². The summed E-state index contributed by atoms with van der Waals surface area (Å²) in [5, 5.41) is 9.43. The van der Waals surface area contributed by atoms with Crippen LogP contribution in [0.4, 0.5) is 0 Å². The van der Waals surface area contributed by atoms with Crippen LogP contribution in [0.5, 0.6) is 0 Å². The number of carbonyl (C=O) groups is 1. The van der Waals surface area contributed by atoms with Crippen LogP contribution in [0.2, 0.25) is 0 Å². The first-order chi connectivity index (χ1) is 11.0. The largest absolute Gasteiger partial charge is 0.370 e. The van der Waals surface area contributed by atoms with Crippen molar-refractivity contribution in [2.45, 2.75) is 44.1 Å². The number of hydrogen-bond acceptors (Lipinski definition) is 4. The third kappa shape index (κ3) is 5.66. The van der Waals surface area contributed by atoms with Gasteiger partial charge in [0, 0.05) is 29.6 Å². The Bertz CT molecular complexity index is 655. The first-order valence-corrected chi connectivity index (χ1v) is 9.31. The molecular formula is C16H21BrN4OS. The summed E-state index contributed by atoms with van der Waals surface area (Å²) >= 11 is 5.10. The Morgan fingerprint density at radius 3 is 2.61 bits per heavy atom. The summed E-state index contributed by atoms with van der Waals surface area (Å²) in [6.07, 6.45) is 0.835. The Morgan fingerprint density at radius 1 is 1.30 bits per heavy atom. The average molecular weight is 397 g/mol. The minimum absolute atomic E-state index is 0.299. The van der Waals surface area contributed by atoms with Gasteiger partial charge in [-0.15, -0.1) is 10.2 Å². The van der Waals surface area contributed by atoms with E-state index < -0.39 is 0 Å². The molecule has 0 aliphatic carbocycles. The highest BCUT2D eigenvalue weighted by molar-refractivity contribution is 9.10. The molecule has 23 heavy (non-hydrogen) atoms. The van der Waals surface area contributed by atoms with Crippen molar-refractivity contribution in [3.63, 3.8) is 0 Å². The summed E-state index contributed by atoms with van der Waals surface area (Å²) in [5.41, 5.74) is 6.47. The third-order valence-corrected chi connectivity index (χ3v) is 4.78. The maximum atomic E-state index is 11.0. The molecule has 1 heterocycles. The van der Waals surface area contributed by atoms with E-state index in [1.165, 1.54) is 5.56 Å². The van der Waals surface area contributed by atoms with Gasteiger partial charge in [0.15, 0.2) is 5.16 Å². The summed E-state index contributed by atoms with van der Waals surface area (Å²) in [6.45, 7) is 5.14. The molecule has 2 N–H and O–H groups in total. The number of aromatic nitrogens is 3. The average Bonchev–Trinajstić information content (AvgIpc) is 2.86. The molecule has 0 spiro atoms. The van der Waals surface area contributed by atoms with E-state index in [1.54, 1.807) is 11.8 Å². The lowest BCUT2D eigenvalue weighted by Crippen LogP contribution is -2.15. The highest BCUT2D eigenvalue weighted by Crippen LogP contribution is 2.24. The van der Waals surface area contributed by atoms with Crippen molar-refractivity contribution in [1.82, 2.24) is 14.8 Å². The number of carbonyl (C=O) groups excluding carboxylic acids is 1. The van der Waals surface area contributed by atoms with Crippen molar-refractivity contribution >= 4 is 33.6 Å². The number of nitrogens with zero attached hydrogens (tertiary/aromatic N) is 3. The lowest BCUT2D eigenvalue weighted by Gasteiger charge is -2.12. The second kappa shape index (κ2) is 8.49. The zero-order chi connectivity index (χ0) is 16.8. The van der Waals surface area contributed by atoms with E-state index in [1.807, 2.05) is 12.1 Å². The van der Waals surface area contributed by atoms with E-state index in [-0.39, 0.29) is 5.91 Å². The van der Waals surface area contributed by atoms with Crippen LogP contribution in [0.3, 0.4) is 0 Å². The maximum Gasteiger partial charge on any atom is 0.217 e. The molecule has 0 unspecified atom stereocenters. The van der Waals surface area contributed by atoms with Gasteiger partial charge in [0.2, 0.25) is 5.91 Å². The zero-order valence-corrected chi connectivity index (χ0v) is 15.7. The van der Waals surface area contributed by atoms with Crippen molar-refractivity contribution in [3.8, 4) is 0 Å². The van der Waals surface area contributed by atoms with Gasteiger partial charge in [-0.25, -0.2) is 0 Å². The minimum atomic E-state index is -0.312. The molecule has 124 valence electrons. The molecule has 1 aromatic carbocycles. The van der Waals surface area contributed by atoms with Crippen LogP contribution in [-0.2, 0) is 23.5 Å². The van der Waals surface area contributed by atoms with Crippen molar-refractivity contribution in [2.75, 3.05) is 0 Å². The molecule has 0 aliphatic heterocycles. The molecule has 1 aromatic heterocycles. The van der Waals surface area contributed by atoms with Crippen molar-refractivity contribution in [2.24, 2.45) is 11.7 Å². The molecular weight excluding hydrogens is 376 g/mol. The summed E-state index contributed by atoms with van der Waals surface area (Å²) in [6, 6.07) is 8.25. The van der Waals surface area contributed by atoms with E-state index in [4.69, 9.17) is 5.73 Å². The number of thioether (sulfide) groups is 1. The number of hydrogen-bond donors (Lipinski definition) is 1. The fourth-order valence-electron chi connectivity index (χ4n) is 2.12. The number of benzene rings is 1. The van der Waals surface area contributed by atoms with E-state index in [0.29, 0.717) is 18.8 Å². The molecule has 0 fully saturated rings. The van der Waals surface area contributed by atoms with Gasteiger partial charge in [0.05, 0.1) is 0 Å². The number of nitrogens with two attached hydrogens (primary N) is 1. The molecule has 7 heteroatoms. The molecule has 1 amide bonds. The molecule has 0 saturated carbocycles. The van der Waals surface area contributed by atoms with Crippen molar-refractivity contribution in [1.29, 1.82) is 0 Å². The van der Waals surface area contributed by atoms with Crippen LogP contribution in [0, 0.1) is 5.92 Å². The number of halogens is 1. The maximum absolute atomic E-state index is 11.0. The van der Waals surface area contributed by atoms with Crippen LogP contribution >= 0.6 is 27.7 Å². The first-order valence-electron chi connectivity index (χ1n) is 7.53. The predicted molar refractivity (Wildman–Crippen MR) is 96.1 cm³/mol. The quantitative estimate of drug-likeness (QED) is 0.693. The van der Waals surface area contributed by atoms with Crippen LogP contribution in [-0.4, -0.2) is 20.7 Å². The van der Waals surface area contributed by atoms with Gasteiger partial charge in [-0.2, -0.15) is 0 Å². The number of aryl methyl sites for hydroxylation is 1. The van der Waals surface area contributed by atoms with Crippen LogP contribution in [0.1, 0.15) is 31.7 Å². The molecule has 0 atom stereocenters. The first kappa shape index (κ1) is 18.0. The summed E-state index contributed by atoms with van der Waals surface area (Å²) in [7, 11) is 0. The van der Waals surface area contributed by atoms with Gasteiger partial charge in [0.25, 0.3) is 0 Å². The van der Waals surface area contributed by atoms with Crippen molar-refractivity contribution in [3.05, 3.63) is 40.1 Å². The molecule has 0 bridgehead atoms. The summed E-state index contributed by atoms with van der Waals surface area (Å²) in [5.74, 6) is 1.83. The topological polar surface area (TPSA) is 73.8 Å². The fraction of sp³-hybridized carbons (Fsp3) is 0.438. The lowest BCUT2D eigenvalue weighted by atomic mass is 10.2. The fourth-order valence-corrected chi connectivity index (χ4v) is 3.31.